The Balaban J connectivity index is 0.000000533. The second kappa shape index (κ2) is 29.1. The summed E-state index contributed by atoms with van der Waals surface area (Å²) in [6.45, 7) is 19.5. The highest BCUT2D eigenvalue weighted by Crippen LogP contribution is 2.38. The van der Waals surface area contributed by atoms with Crippen LogP contribution < -0.4 is 31.9 Å². The highest BCUT2D eigenvalue weighted by Gasteiger charge is 2.55. The summed E-state index contributed by atoms with van der Waals surface area (Å²) in [6, 6.07) is -4.70. The lowest BCUT2D eigenvalue weighted by atomic mass is 10.0. The molecule has 2 aliphatic heterocycles. The second-order valence-electron chi connectivity index (χ2n) is 25.2. The molecule has 79 heavy (non-hydrogen) atoms. The summed E-state index contributed by atoms with van der Waals surface area (Å²) in [4.78, 5) is 140. The maximum Gasteiger partial charge on any atom is 0.408 e. The molecule has 8 N–H and O–H groups in total. The molecule has 25 heteroatoms. The first-order valence-corrected chi connectivity index (χ1v) is 27.5. The number of ether oxygens (including phenoxy) is 2. The fourth-order valence-corrected chi connectivity index (χ4v) is 9.32. The average molecular weight is 1120 g/mol. The zero-order chi connectivity index (χ0) is 59.4. The predicted molar refractivity (Wildman–Crippen MR) is 297 cm³/mol. The summed E-state index contributed by atoms with van der Waals surface area (Å²) in [7, 11) is 13.7. The van der Waals surface area contributed by atoms with Gasteiger partial charge in [0.05, 0.1) is 0 Å². The van der Waals surface area contributed by atoms with Crippen LogP contribution in [0.2, 0.25) is 0 Å². The molecular formula is C54H98N12O13. The zero-order valence-corrected chi connectivity index (χ0v) is 50.6. The minimum Gasteiger partial charge on any atom is -0.444 e. The van der Waals surface area contributed by atoms with Crippen molar-refractivity contribution in [3.8, 4) is 0 Å². The highest BCUT2D eigenvalue weighted by molar-refractivity contribution is 6.00. The Morgan fingerprint density at radius 2 is 0.810 bits per heavy atom. The maximum atomic E-state index is 13.5. The first-order valence-electron chi connectivity index (χ1n) is 27.5. The molecule has 452 valence electrons. The maximum absolute atomic E-state index is 13.5. The first-order chi connectivity index (χ1) is 35.9. The number of carbonyl (C=O) groups is 10. The molecule has 0 aromatic carbocycles. The number of nitrogens with zero attached hydrogens (tertiary/aromatic N) is 6. The van der Waals surface area contributed by atoms with Gasteiger partial charge in [-0.1, -0.05) is 27.7 Å². The number of amides is 10. The first kappa shape index (κ1) is 69.3. The van der Waals surface area contributed by atoms with Gasteiger partial charge in [0.1, 0.15) is 58.5 Å². The summed E-state index contributed by atoms with van der Waals surface area (Å²) in [6.07, 6.45) is 3.52. The van der Waals surface area contributed by atoms with Gasteiger partial charge in [-0.05, 0) is 146 Å². The number of likely N-dealkylation sites (N-methyl/N-ethyl adjacent to an activating group) is 4. The molecule has 0 spiro atoms. The van der Waals surface area contributed by atoms with Crippen LogP contribution in [0.3, 0.4) is 0 Å². The van der Waals surface area contributed by atoms with Crippen LogP contribution in [0, 0.1) is 11.8 Å². The van der Waals surface area contributed by atoms with Gasteiger partial charge in [-0.25, -0.2) is 9.59 Å². The lowest BCUT2D eigenvalue weighted by Crippen LogP contribution is -2.60. The SMILES string of the molecule is CC(C)C[C@H](NC(=O)C1(NC(=O)[C@H]2CCCN2C(=O)[C@H](CN(C)C)NC(=O)OC(C)(C)C)CC1)C(=O)N(C)C.CC(C)C[C@H](NC(=O)C1(NC(=O)[C@H]2CCCN2C(=O)[C@H](CN(C)C)NC(=O)OC(C)(C)C)CC1)C(=O)N(C)C.O. The second-order valence-corrected chi connectivity index (χ2v) is 25.2. The van der Waals surface area contributed by atoms with E-state index in [2.05, 4.69) is 31.9 Å². The molecule has 6 atom stereocenters. The topological polar surface area (TPSA) is 312 Å². The highest BCUT2D eigenvalue weighted by atomic mass is 16.6. The van der Waals surface area contributed by atoms with Crippen molar-refractivity contribution < 1.29 is 62.9 Å². The summed E-state index contributed by atoms with van der Waals surface area (Å²) in [5.41, 5.74) is -3.63. The van der Waals surface area contributed by atoms with Crippen LogP contribution in [0.1, 0.15) is 133 Å². The van der Waals surface area contributed by atoms with Crippen molar-refractivity contribution in [1.82, 2.24) is 61.3 Å². The van der Waals surface area contributed by atoms with Gasteiger partial charge in [0, 0.05) is 54.4 Å². The van der Waals surface area contributed by atoms with E-state index in [9.17, 15) is 47.9 Å². The van der Waals surface area contributed by atoms with Gasteiger partial charge in [-0.3, -0.25) is 38.4 Å². The zero-order valence-electron chi connectivity index (χ0n) is 50.6. The number of carbonyl (C=O) groups excluding carboxylic acids is 10. The molecule has 25 nitrogen and oxygen atoms in total. The van der Waals surface area contributed by atoms with E-state index in [1.807, 2.05) is 27.7 Å². The van der Waals surface area contributed by atoms with Crippen LogP contribution in [0.4, 0.5) is 9.59 Å². The molecule has 0 bridgehead atoms. The van der Waals surface area contributed by atoms with Crippen LogP contribution in [0.5, 0.6) is 0 Å². The van der Waals surface area contributed by atoms with Crippen LogP contribution in [-0.4, -0.2) is 235 Å². The molecule has 0 unspecified atom stereocenters. The minimum absolute atomic E-state index is 0. The van der Waals surface area contributed by atoms with E-state index < -0.39 is 82.5 Å². The van der Waals surface area contributed by atoms with E-state index in [-0.39, 0.29) is 65.8 Å². The monoisotopic (exact) mass is 1120 g/mol. The third-order valence-corrected chi connectivity index (χ3v) is 13.3. The Bertz CT molecular complexity index is 2000. The van der Waals surface area contributed by atoms with E-state index >= 15 is 0 Å². The summed E-state index contributed by atoms with van der Waals surface area (Å²) >= 11 is 0. The van der Waals surface area contributed by atoms with Crippen LogP contribution >= 0.6 is 0 Å². The lowest BCUT2D eigenvalue weighted by molar-refractivity contribution is -0.142. The summed E-state index contributed by atoms with van der Waals surface area (Å²) in [5.74, 6) is -2.37. The standard InChI is InChI=1S/2C27H48N6O6.H2O/c2*1-17(2)15-18(22(35)32(8)9)28-24(37)27(12-13-27)30-21(34)20-11-10-14-33(20)23(36)19(16-31(6)7)29-25(38)39-26(3,4)5;/h2*17-20H,10-16H2,1-9H3,(H,28,37)(H,29,38)(H,30,34);1H2/t2*18-,19-,20+;/m00./s1. The van der Waals surface area contributed by atoms with Crippen molar-refractivity contribution in [3.05, 3.63) is 0 Å². The van der Waals surface area contributed by atoms with Crippen molar-refractivity contribution in [2.75, 3.05) is 82.6 Å². The van der Waals surface area contributed by atoms with Gasteiger partial charge < -0.3 is 76.3 Å². The van der Waals surface area contributed by atoms with Gasteiger partial charge in [0.2, 0.25) is 47.3 Å². The third-order valence-electron chi connectivity index (χ3n) is 13.3. The third kappa shape index (κ3) is 21.6. The Labute approximate surface area is 468 Å². The van der Waals surface area contributed by atoms with E-state index in [4.69, 9.17) is 9.47 Å². The van der Waals surface area contributed by atoms with Gasteiger partial charge in [-0.2, -0.15) is 0 Å². The molecule has 2 aliphatic carbocycles. The molecule has 0 aromatic rings. The van der Waals surface area contributed by atoms with Crippen molar-refractivity contribution in [2.45, 2.75) is 192 Å². The number of alkyl carbamates (subject to hydrolysis) is 2. The fraction of sp³-hybridized carbons (Fsp3) is 0.815. The molecular weight excluding hydrogens is 1020 g/mol. The fourth-order valence-electron chi connectivity index (χ4n) is 9.32. The predicted octanol–water partition coefficient (Wildman–Crippen LogP) is 0.576. The molecule has 0 radical (unpaired) electrons. The minimum atomic E-state index is -1.09. The van der Waals surface area contributed by atoms with Gasteiger partial charge in [0.15, 0.2) is 0 Å². The van der Waals surface area contributed by atoms with Gasteiger partial charge in [-0.15, -0.1) is 0 Å². The van der Waals surface area contributed by atoms with Crippen molar-refractivity contribution in [3.63, 3.8) is 0 Å². The Kier molecular flexibility index (Phi) is 25.5. The largest absolute Gasteiger partial charge is 0.444 e. The molecule has 4 fully saturated rings. The Hall–Kier alpha value is -5.82. The average Bonchev–Trinajstić information content (AvgIpc) is 4.13. The molecule has 4 aliphatic rings. The van der Waals surface area contributed by atoms with Crippen LogP contribution in [0.25, 0.3) is 0 Å². The number of nitrogens with one attached hydrogen (secondary N) is 6. The quantitative estimate of drug-likeness (QED) is 0.0865. The van der Waals surface area contributed by atoms with E-state index in [0.717, 1.165) is 0 Å². The molecule has 0 aromatic heterocycles. The molecule has 4 rings (SSSR count). The van der Waals surface area contributed by atoms with Crippen molar-refractivity contribution >= 4 is 59.4 Å². The Morgan fingerprint density at radius 1 is 0.506 bits per heavy atom. The molecule has 2 heterocycles. The summed E-state index contributed by atoms with van der Waals surface area (Å²) in [5, 5.41) is 16.8. The number of hydrogen-bond donors (Lipinski definition) is 6. The molecule has 2 saturated carbocycles. The van der Waals surface area contributed by atoms with E-state index in [0.29, 0.717) is 77.3 Å². The number of likely N-dealkylation sites (tertiary alicyclic amines) is 2. The molecule has 10 amide bonds. The van der Waals surface area contributed by atoms with Crippen molar-refractivity contribution in [1.29, 1.82) is 0 Å². The number of rotatable bonds is 22. The van der Waals surface area contributed by atoms with Gasteiger partial charge >= 0.3 is 12.2 Å². The van der Waals surface area contributed by atoms with Crippen molar-refractivity contribution in [2.24, 2.45) is 11.8 Å². The van der Waals surface area contributed by atoms with E-state index in [1.54, 1.807) is 108 Å². The summed E-state index contributed by atoms with van der Waals surface area (Å²) < 4.78 is 10.7. The number of hydrogen-bond acceptors (Lipinski definition) is 14. The van der Waals surface area contributed by atoms with Crippen LogP contribution in [0.15, 0.2) is 0 Å². The smallest absolute Gasteiger partial charge is 0.408 e. The van der Waals surface area contributed by atoms with Crippen LogP contribution in [-0.2, 0) is 47.8 Å². The van der Waals surface area contributed by atoms with Gasteiger partial charge in [0.25, 0.3) is 0 Å². The van der Waals surface area contributed by atoms with E-state index in [1.165, 1.54) is 19.6 Å². The lowest BCUT2D eigenvalue weighted by Gasteiger charge is -2.31. The molecule has 2 saturated heterocycles. The normalized spacial score (nSPS) is 19.5. The Morgan fingerprint density at radius 3 is 1.05 bits per heavy atom.